The van der Waals surface area contributed by atoms with E-state index < -0.39 is 12.1 Å². The molecule has 2 unspecified atom stereocenters. The molecule has 1 aliphatic rings. The Hall–Kier alpha value is -2.34. The van der Waals surface area contributed by atoms with E-state index in [4.69, 9.17) is 13.9 Å². The Morgan fingerprint density at radius 3 is 2.96 bits per heavy atom. The maximum atomic E-state index is 11.9. The van der Waals surface area contributed by atoms with Gasteiger partial charge in [0, 0.05) is 12.0 Å². The zero-order valence-electron chi connectivity index (χ0n) is 12.9. The molecule has 122 valence electrons. The van der Waals surface area contributed by atoms with E-state index in [1.807, 2.05) is 37.3 Å². The highest BCUT2D eigenvalue weighted by Crippen LogP contribution is 2.23. The summed E-state index contributed by atoms with van der Waals surface area (Å²) in [6, 6.07) is 9.21. The number of benzene rings is 1. The van der Waals surface area contributed by atoms with Gasteiger partial charge in [0.2, 0.25) is 0 Å². The third-order valence-corrected chi connectivity index (χ3v) is 3.79. The summed E-state index contributed by atoms with van der Waals surface area (Å²) in [5, 5.41) is 3.73. The lowest BCUT2D eigenvalue weighted by Gasteiger charge is -2.13. The van der Waals surface area contributed by atoms with Crippen molar-refractivity contribution in [1.29, 1.82) is 0 Å². The molecule has 0 spiro atoms. The molecular weight excluding hydrogens is 298 g/mol. The van der Waals surface area contributed by atoms with E-state index in [1.54, 1.807) is 0 Å². The Morgan fingerprint density at radius 2 is 2.22 bits per heavy atom. The van der Waals surface area contributed by atoms with Gasteiger partial charge in [-0.15, -0.1) is 0 Å². The van der Waals surface area contributed by atoms with E-state index in [-0.39, 0.29) is 18.6 Å². The summed E-state index contributed by atoms with van der Waals surface area (Å²) in [6.07, 6.45) is 0.959. The number of carbonyl (C=O) groups is 2. The lowest BCUT2D eigenvalue weighted by molar-refractivity contribution is -0.157. The van der Waals surface area contributed by atoms with Crippen molar-refractivity contribution >= 4 is 22.8 Å². The molecule has 0 radical (unpaired) electrons. The monoisotopic (exact) mass is 317 g/mol. The van der Waals surface area contributed by atoms with Crippen LogP contribution in [0.4, 0.5) is 0 Å². The van der Waals surface area contributed by atoms with Crippen LogP contribution in [0.15, 0.2) is 34.7 Å². The third-order valence-electron chi connectivity index (χ3n) is 3.79. The molecule has 1 N–H and O–H groups in total. The van der Waals surface area contributed by atoms with Gasteiger partial charge in [0.05, 0.1) is 6.04 Å². The highest BCUT2D eigenvalue weighted by molar-refractivity contribution is 5.82. The van der Waals surface area contributed by atoms with Gasteiger partial charge in [-0.1, -0.05) is 18.2 Å². The Labute approximate surface area is 133 Å². The number of ether oxygens (including phenoxy) is 2. The van der Waals surface area contributed by atoms with Gasteiger partial charge in [-0.3, -0.25) is 4.79 Å². The summed E-state index contributed by atoms with van der Waals surface area (Å²) in [5.41, 5.74) is 0.772. The standard InChI is InChI=1S/C17H19NO5/c1-11(15-9-12-5-2-3-6-13(12)23-15)18-16(19)10-22-17(20)14-7-4-8-21-14/h2-3,5-6,9,11,14H,4,7-8,10H2,1H3,(H,18,19). The fraction of sp³-hybridized carbons (Fsp3) is 0.412. The van der Waals surface area contributed by atoms with Gasteiger partial charge in [-0.2, -0.15) is 0 Å². The predicted molar refractivity (Wildman–Crippen MR) is 82.7 cm³/mol. The average molecular weight is 317 g/mol. The molecule has 0 aliphatic carbocycles. The van der Waals surface area contributed by atoms with Gasteiger partial charge in [0.15, 0.2) is 12.7 Å². The number of rotatable bonds is 5. The SMILES string of the molecule is CC(NC(=O)COC(=O)C1CCCO1)c1cc2ccccc2o1. The van der Waals surface area contributed by atoms with E-state index in [1.165, 1.54) is 0 Å². The lowest BCUT2D eigenvalue weighted by atomic mass is 10.2. The Bertz CT molecular complexity index is 669. The topological polar surface area (TPSA) is 77.8 Å². The van der Waals surface area contributed by atoms with Crippen LogP contribution in [0.2, 0.25) is 0 Å². The number of nitrogens with one attached hydrogen (secondary N) is 1. The van der Waals surface area contributed by atoms with Gasteiger partial charge in [-0.05, 0) is 31.9 Å². The largest absolute Gasteiger partial charge is 0.459 e. The molecule has 2 heterocycles. The summed E-state index contributed by atoms with van der Waals surface area (Å²) < 4.78 is 15.9. The van der Waals surface area contributed by atoms with Gasteiger partial charge < -0.3 is 19.2 Å². The molecule has 6 nitrogen and oxygen atoms in total. The number of furan rings is 1. The molecule has 2 aromatic rings. The average Bonchev–Trinajstić information content (AvgIpc) is 3.21. The second-order valence-electron chi connectivity index (χ2n) is 5.59. The van der Waals surface area contributed by atoms with Crippen molar-refractivity contribution in [2.24, 2.45) is 0 Å². The van der Waals surface area contributed by atoms with E-state index in [0.717, 1.165) is 17.4 Å². The minimum atomic E-state index is -0.532. The molecule has 1 saturated heterocycles. The molecule has 1 aliphatic heterocycles. The van der Waals surface area contributed by atoms with Crippen LogP contribution >= 0.6 is 0 Å². The van der Waals surface area contributed by atoms with Crippen LogP contribution in [0.1, 0.15) is 31.6 Å². The second kappa shape index (κ2) is 6.83. The molecule has 1 aromatic heterocycles. The minimum Gasteiger partial charge on any atom is -0.459 e. The van der Waals surface area contributed by atoms with Gasteiger partial charge in [0.25, 0.3) is 5.91 Å². The summed E-state index contributed by atoms with van der Waals surface area (Å²) >= 11 is 0. The normalized spacial score (nSPS) is 18.7. The van der Waals surface area contributed by atoms with E-state index >= 15 is 0 Å². The maximum absolute atomic E-state index is 11.9. The second-order valence-corrected chi connectivity index (χ2v) is 5.59. The van der Waals surface area contributed by atoms with Crippen molar-refractivity contribution in [3.05, 3.63) is 36.1 Å². The molecule has 3 rings (SSSR count). The van der Waals surface area contributed by atoms with Crippen molar-refractivity contribution in [3.63, 3.8) is 0 Å². The summed E-state index contributed by atoms with van der Waals surface area (Å²) in [7, 11) is 0. The number of carbonyl (C=O) groups excluding carboxylic acids is 2. The number of para-hydroxylation sites is 1. The third kappa shape index (κ3) is 3.71. The predicted octanol–water partition coefficient (Wildman–Crippen LogP) is 2.33. The first-order valence-electron chi connectivity index (χ1n) is 7.69. The van der Waals surface area contributed by atoms with Crippen LogP contribution in [0, 0.1) is 0 Å². The van der Waals surface area contributed by atoms with Crippen LogP contribution in [0.5, 0.6) is 0 Å². The number of fused-ring (bicyclic) bond motifs is 1. The molecule has 6 heteroatoms. The maximum Gasteiger partial charge on any atom is 0.335 e. The summed E-state index contributed by atoms with van der Waals surface area (Å²) in [6.45, 7) is 2.07. The first-order valence-corrected chi connectivity index (χ1v) is 7.69. The van der Waals surface area contributed by atoms with E-state index in [0.29, 0.717) is 18.8 Å². The fourth-order valence-electron chi connectivity index (χ4n) is 2.56. The highest BCUT2D eigenvalue weighted by atomic mass is 16.6. The van der Waals surface area contributed by atoms with Gasteiger partial charge in [0.1, 0.15) is 11.3 Å². The number of hydrogen-bond acceptors (Lipinski definition) is 5. The van der Waals surface area contributed by atoms with Crippen molar-refractivity contribution in [2.75, 3.05) is 13.2 Å². The van der Waals surface area contributed by atoms with Gasteiger partial charge >= 0.3 is 5.97 Å². The lowest BCUT2D eigenvalue weighted by Crippen LogP contribution is -2.33. The van der Waals surface area contributed by atoms with Crippen LogP contribution < -0.4 is 5.32 Å². The van der Waals surface area contributed by atoms with Crippen LogP contribution in [0.25, 0.3) is 11.0 Å². The van der Waals surface area contributed by atoms with Crippen molar-refractivity contribution in [3.8, 4) is 0 Å². The molecule has 0 saturated carbocycles. The summed E-state index contributed by atoms with van der Waals surface area (Å²) in [4.78, 5) is 23.6. The molecule has 1 fully saturated rings. The summed E-state index contributed by atoms with van der Waals surface area (Å²) in [5.74, 6) is -0.191. The van der Waals surface area contributed by atoms with E-state index in [9.17, 15) is 9.59 Å². The first kappa shape index (κ1) is 15.6. The molecule has 2 atom stereocenters. The molecule has 1 amide bonds. The Kier molecular flexibility index (Phi) is 4.62. The number of amides is 1. The van der Waals surface area contributed by atoms with Crippen molar-refractivity contribution in [1.82, 2.24) is 5.32 Å². The quantitative estimate of drug-likeness (QED) is 0.856. The Morgan fingerprint density at radius 1 is 1.39 bits per heavy atom. The number of hydrogen-bond donors (Lipinski definition) is 1. The Balaban J connectivity index is 1.51. The van der Waals surface area contributed by atoms with Crippen molar-refractivity contribution in [2.45, 2.75) is 31.9 Å². The number of esters is 1. The minimum absolute atomic E-state index is 0.309. The highest BCUT2D eigenvalue weighted by Gasteiger charge is 2.25. The van der Waals surface area contributed by atoms with Crippen LogP contribution in [-0.4, -0.2) is 31.2 Å². The molecule has 0 bridgehead atoms. The smallest absolute Gasteiger partial charge is 0.335 e. The van der Waals surface area contributed by atoms with Crippen LogP contribution in [0.3, 0.4) is 0 Å². The zero-order valence-corrected chi connectivity index (χ0v) is 12.9. The molecule has 23 heavy (non-hydrogen) atoms. The fourth-order valence-corrected chi connectivity index (χ4v) is 2.56. The van der Waals surface area contributed by atoms with Gasteiger partial charge in [-0.25, -0.2) is 4.79 Å². The zero-order chi connectivity index (χ0) is 16.2. The van der Waals surface area contributed by atoms with E-state index in [2.05, 4.69) is 5.32 Å². The molecule has 1 aromatic carbocycles. The molecular formula is C17H19NO5. The van der Waals surface area contributed by atoms with Crippen molar-refractivity contribution < 1.29 is 23.5 Å². The van der Waals surface area contributed by atoms with Crippen LogP contribution in [-0.2, 0) is 19.1 Å². The first-order chi connectivity index (χ1) is 11.1.